The van der Waals surface area contributed by atoms with Crippen molar-refractivity contribution in [1.82, 2.24) is 10.0 Å². The average molecular weight is 352 g/mol. The Morgan fingerprint density at radius 3 is 2.75 bits per heavy atom. The van der Waals surface area contributed by atoms with Crippen molar-refractivity contribution in [3.8, 4) is 0 Å². The molecule has 132 valence electrons. The van der Waals surface area contributed by atoms with E-state index in [0.717, 1.165) is 25.7 Å². The summed E-state index contributed by atoms with van der Waals surface area (Å²) < 4.78 is 30.3. The van der Waals surface area contributed by atoms with Crippen molar-refractivity contribution in [3.63, 3.8) is 0 Å². The lowest BCUT2D eigenvalue weighted by Gasteiger charge is -2.48. The Hall–Kier alpha value is -1.44. The highest BCUT2D eigenvalue weighted by Gasteiger charge is 2.53. The summed E-state index contributed by atoms with van der Waals surface area (Å²) in [4.78, 5) is 12.1. The fraction of sp³-hybridized carbons (Fsp3) is 0.588. The lowest BCUT2D eigenvalue weighted by Crippen LogP contribution is -2.62. The van der Waals surface area contributed by atoms with E-state index in [-0.39, 0.29) is 36.9 Å². The molecule has 0 bridgehead atoms. The van der Waals surface area contributed by atoms with Crippen LogP contribution in [0, 0.1) is 11.8 Å². The summed E-state index contributed by atoms with van der Waals surface area (Å²) in [6.45, 7) is 0.883. The molecule has 3 rings (SSSR count). The highest BCUT2D eigenvalue weighted by molar-refractivity contribution is 7.88. The number of hydrogen-bond donors (Lipinski definition) is 2. The van der Waals surface area contributed by atoms with Crippen molar-refractivity contribution in [2.45, 2.75) is 31.4 Å². The van der Waals surface area contributed by atoms with Crippen LogP contribution in [0.4, 0.5) is 0 Å². The molecule has 2 fully saturated rings. The topological polar surface area (TPSA) is 84.5 Å². The van der Waals surface area contributed by atoms with Gasteiger partial charge in [0.2, 0.25) is 15.9 Å². The number of benzene rings is 1. The van der Waals surface area contributed by atoms with Crippen LogP contribution in [0.1, 0.15) is 18.4 Å². The summed E-state index contributed by atoms with van der Waals surface area (Å²) in [7, 11) is -3.26. The first-order chi connectivity index (χ1) is 11.4. The Kier molecular flexibility index (Phi) is 5.22. The van der Waals surface area contributed by atoms with Crippen LogP contribution in [0.3, 0.4) is 0 Å². The summed E-state index contributed by atoms with van der Waals surface area (Å²) >= 11 is 0. The lowest BCUT2D eigenvalue weighted by molar-refractivity contribution is -0.127. The van der Waals surface area contributed by atoms with E-state index < -0.39 is 10.0 Å². The molecule has 1 aliphatic carbocycles. The third kappa shape index (κ3) is 4.15. The molecule has 1 aliphatic heterocycles. The predicted molar refractivity (Wildman–Crippen MR) is 90.9 cm³/mol. The molecule has 0 unspecified atom stereocenters. The van der Waals surface area contributed by atoms with Crippen molar-refractivity contribution in [3.05, 3.63) is 35.9 Å². The molecule has 1 aromatic carbocycles. The van der Waals surface area contributed by atoms with E-state index in [0.29, 0.717) is 5.92 Å². The summed E-state index contributed by atoms with van der Waals surface area (Å²) in [5.74, 6) is 0.553. The van der Waals surface area contributed by atoms with Gasteiger partial charge in [0, 0.05) is 37.5 Å². The van der Waals surface area contributed by atoms with E-state index in [4.69, 9.17) is 4.74 Å². The first-order valence-corrected chi connectivity index (χ1v) is 10.2. The average Bonchev–Trinajstić information content (AvgIpc) is 2.95. The number of ether oxygens (including phenoxy) is 1. The molecule has 1 saturated heterocycles. The number of carbonyl (C=O) groups excluding carboxylic acids is 1. The standard InChI is InChI=1S/C17H24N2O4S/c1-24(21,22)18-9-7-15(20)19-16-13-8-10-23-17(13)14(16)11-12-5-3-2-4-6-12/h2-6,13-14,16-18H,7-11H2,1H3,(H,19,20)/t13-,14+,16-,17-/m1/s1. The summed E-state index contributed by atoms with van der Waals surface area (Å²) in [5.41, 5.74) is 1.24. The molecule has 6 nitrogen and oxygen atoms in total. The van der Waals surface area contributed by atoms with E-state index in [9.17, 15) is 13.2 Å². The number of hydrogen-bond acceptors (Lipinski definition) is 4. The van der Waals surface area contributed by atoms with Gasteiger partial charge in [0.25, 0.3) is 0 Å². The van der Waals surface area contributed by atoms with Gasteiger partial charge in [0.05, 0.1) is 12.4 Å². The fourth-order valence-corrected chi connectivity index (χ4v) is 4.25. The van der Waals surface area contributed by atoms with Gasteiger partial charge in [-0.15, -0.1) is 0 Å². The van der Waals surface area contributed by atoms with Crippen LogP contribution in [0.25, 0.3) is 0 Å². The molecule has 24 heavy (non-hydrogen) atoms. The Labute approximate surface area is 143 Å². The fourth-order valence-electron chi connectivity index (χ4n) is 3.78. The maximum absolute atomic E-state index is 12.1. The molecule has 0 aromatic heterocycles. The van der Waals surface area contributed by atoms with Gasteiger partial charge >= 0.3 is 0 Å². The molecule has 1 saturated carbocycles. The molecule has 2 aliphatic rings. The van der Waals surface area contributed by atoms with Crippen molar-refractivity contribution in [1.29, 1.82) is 0 Å². The first kappa shape index (κ1) is 17.4. The number of amides is 1. The lowest BCUT2D eigenvalue weighted by atomic mass is 9.64. The molecular weight excluding hydrogens is 328 g/mol. The molecule has 7 heteroatoms. The third-order valence-electron chi connectivity index (χ3n) is 4.89. The van der Waals surface area contributed by atoms with Gasteiger partial charge in [-0.05, 0) is 18.4 Å². The van der Waals surface area contributed by atoms with Gasteiger partial charge < -0.3 is 10.1 Å². The van der Waals surface area contributed by atoms with E-state index in [1.54, 1.807) is 0 Å². The second kappa shape index (κ2) is 7.21. The molecular formula is C17H24N2O4S. The number of rotatable bonds is 7. The van der Waals surface area contributed by atoms with Crippen LogP contribution in [-0.2, 0) is 26.0 Å². The van der Waals surface area contributed by atoms with Crippen LogP contribution in [-0.4, -0.2) is 45.9 Å². The van der Waals surface area contributed by atoms with Gasteiger partial charge in [0.1, 0.15) is 0 Å². The van der Waals surface area contributed by atoms with Crippen LogP contribution in [0.15, 0.2) is 30.3 Å². The largest absolute Gasteiger partial charge is 0.377 e. The molecule has 0 radical (unpaired) electrons. The van der Waals surface area contributed by atoms with Crippen molar-refractivity contribution < 1.29 is 17.9 Å². The molecule has 4 atom stereocenters. The Bertz CT molecular complexity index is 677. The maximum Gasteiger partial charge on any atom is 0.221 e. The number of fused-ring (bicyclic) bond motifs is 1. The molecule has 1 amide bonds. The highest BCUT2D eigenvalue weighted by Crippen LogP contribution is 2.45. The van der Waals surface area contributed by atoms with E-state index in [1.165, 1.54) is 5.56 Å². The molecule has 0 spiro atoms. The number of nitrogens with one attached hydrogen (secondary N) is 2. The minimum Gasteiger partial charge on any atom is -0.377 e. The number of sulfonamides is 1. The van der Waals surface area contributed by atoms with Gasteiger partial charge in [-0.2, -0.15) is 0 Å². The van der Waals surface area contributed by atoms with Gasteiger partial charge in [-0.25, -0.2) is 13.1 Å². The Balaban J connectivity index is 1.55. The summed E-state index contributed by atoms with van der Waals surface area (Å²) in [5, 5.41) is 3.09. The minimum absolute atomic E-state index is 0.112. The quantitative estimate of drug-likeness (QED) is 0.756. The zero-order valence-corrected chi connectivity index (χ0v) is 14.6. The zero-order chi connectivity index (χ0) is 17.2. The Morgan fingerprint density at radius 2 is 2.04 bits per heavy atom. The zero-order valence-electron chi connectivity index (χ0n) is 13.8. The Morgan fingerprint density at radius 1 is 1.29 bits per heavy atom. The molecule has 1 heterocycles. The molecule has 1 aromatic rings. The molecule has 2 N–H and O–H groups in total. The van der Waals surface area contributed by atoms with E-state index >= 15 is 0 Å². The van der Waals surface area contributed by atoms with Crippen molar-refractivity contribution >= 4 is 15.9 Å². The normalized spacial score (nSPS) is 28.9. The van der Waals surface area contributed by atoms with Crippen LogP contribution in [0.2, 0.25) is 0 Å². The number of carbonyl (C=O) groups is 1. The van der Waals surface area contributed by atoms with Gasteiger partial charge in [-0.3, -0.25) is 4.79 Å². The van der Waals surface area contributed by atoms with Crippen molar-refractivity contribution in [2.24, 2.45) is 11.8 Å². The van der Waals surface area contributed by atoms with Crippen LogP contribution in [0.5, 0.6) is 0 Å². The van der Waals surface area contributed by atoms with Gasteiger partial charge in [0.15, 0.2) is 0 Å². The van der Waals surface area contributed by atoms with E-state index in [1.807, 2.05) is 18.2 Å². The maximum atomic E-state index is 12.1. The third-order valence-corrected chi connectivity index (χ3v) is 5.61. The predicted octanol–water partition coefficient (Wildman–Crippen LogP) is 0.688. The van der Waals surface area contributed by atoms with Crippen molar-refractivity contribution in [2.75, 3.05) is 19.4 Å². The smallest absolute Gasteiger partial charge is 0.221 e. The second-order valence-corrected chi connectivity index (χ2v) is 8.48. The summed E-state index contributed by atoms with van der Waals surface area (Å²) in [6.07, 6.45) is 3.33. The van der Waals surface area contributed by atoms with Crippen LogP contribution >= 0.6 is 0 Å². The van der Waals surface area contributed by atoms with Gasteiger partial charge in [-0.1, -0.05) is 30.3 Å². The minimum atomic E-state index is -3.26. The first-order valence-electron chi connectivity index (χ1n) is 8.33. The highest BCUT2D eigenvalue weighted by atomic mass is 32.2. The SMILES string of the molecule is CS(=O)(=O)NCCC(=O)N[C@@H]1[C@H]2CCO[C@H]2[C@H]1Cc1ccccc1. The second-order valence-electron chi connectivity index (χ2n) is 6.65. The van der Waals surface area contributed by atoms with E-state index in [2.05, 4.69) is 22.2 Å². The monoisotopic (exact) mass is 352 g/mol. The van der Waals surface area contributed by atoms with Crippen LogP contribution < -0.4 is 10.0 Å². The summed E-state index contributed by atoms with van der Waals surface area (Å²) in [6, 6.07) is 10.3.